The third kappa shape index (κ3) is 3.75. The van der Waals surface area contributed by atoms with Gasteiger partial charge in [0.2, 0.25) is 10.0 Å². The van der Waals surface area contributed by atoms with E-state index in [1.54, 1.807) is 20.8 Å². The van der Waals surface area contributed by atoms with Gasteiger partial charge in [-0.25, -0.2) is 13.1 Å². The van der Waals surface area contributed by atoms with Crippen LogP contribution in [0.15, 0.2) is 47.4 Å². The van der Waals surface area contributed by atoms with Gasteiger partial charge in [0.1, 0.15) is 0 Å². The Balaban J connectivity index is 2.39. The highest BCUT2D eigenvalue weighted by Crippen LogP contribution is 2.26. The minimum Gasteiger partial charge on any atom is -0.258 e. The molecule has 0 aliphatic rings. The molecule has 1 N–H and O–H groups in total. The smallest absolute Gasteiger partial charge is 0.258 e. The van der Waals surface area contributed by atoms with Gasteiger partial charge < -0.3 is 0 Å². The molecule has 0 saturated carbocycles. The lowest BCUT2D eigenvalue weighted by molar-refractivity contribution is -0.385. The zero-order chi connectivity index (χ0) is 17.2. The van der Waals surface area contributed by atoms with Crippen molar-refractivity contribution in [1.82, 2.24) is 4.72 Å². The lowest BCUT2D eigenvalue weighted by Crippen LogP contribution is -2.27. The van der Waals surface area contributed by atoms with E-state index in [9.17, 15) is 18.5 Å². The van der Waals surface area contributed by atoms with Crippen molar-refractivity contribution in [2.75, 3.05) is 0 Å². The minimum atomic E-state index is -3.86. The zero-order valence-corrected chi connectivity index (χ0v) is 13.9. The van der Waals surface area contributed by atoms with Crippen molar-refractivity contribution in [2.24, 2.45) is 0 Å². The maximum Gasteiger partial charge on any atom is 0.273 e. The first-order valence-electron chi connectivity index (χ1n) is 7.05. The van der Waals surface area contributed by atoms with E-state index in [4.69, 9.17) is 0 Å². The molecule has 0 spiro atoms. The van der Waals surface area contributed by atoms with Gasteiger partial charge >= 0.3 is 0 Å². The summed E-state index contributed by atoms with van der Waals surface area (Å²) in [6, 6.07) is 11.2. The topological polar surface area (TPSA) is 89.3 Å². The molecule has 0 aliphatic heterocycles. The van der Waals surface area contributed by atoms with Gasteiger partial charge in [-0.15, -0.1) is 0 Å². The Morgan fingerprint density at radius 2 is 1.74 bits per heavy atom. The van der Waals surface area contributed by atoms with Crippen molar-refractivity contribution in [2.45, 2.75) is 31.7 Å². The van der Waals surface area contributed by atoms with Crippen LogP contribution in [0.4, 0.5) is 5.69 Å². The van der Waals surface area contributed by atoms with Crippen LogP contribution in [0.5, 0.6) is 0 Å². The van der Waals surface area contributed by atoms with Crippen LogP contribution in [0.25, 0.3) is 0 Å². The van der Waals surface area contributed by atoms with Crippen LogP contribution in [0.2, 0.25) is 0 Å². The van der Waals surface area contributed by atoms with E-state index in [1.807, 2.05) is 30.3 Å². The number of sulfonamides is 1. The molecule has 122 valence electrons. The molecule has 2 aromatic carbocycles. The number of nitro benzene ring substituents is 1. The number of nitro groups is 1. The van der Waals surface area contributed by atoms with Crippen LogP contribution in [-0.4, -0.2) is 13.3 Å². The highest BCUT2D eigenvalue weighted by atomic mass is 32.2. The Hall–Kier alpha value is -2.25. The van der Waals surface area contributed by atoms with Gasteiger partial charge in [0.05, 0.1) is 9.82 Å². The third-order valence-electron chi connectivity index (χ3n) is 3.75. The van der Waals surface area contributed by atoms with E-state index < -0.39 is 21.0 Å². The number of hydrogen-bond acceptors (Lipinski definition) is 4. The van der Waals surface area contributed by atoms with Crippen molar-refractivity contribution < 1.29 is 13.3 Å². The van der Waals surface area contributed by atoms with Crippen molar-refractivity contribution in [1.29, 1.82) is 0 Å². The summed E-state index contributed by atoms with van der Waals surface area (Å²) in [6.07, 6.45) is 0. The molecule has 0 saturated heterocycles. The molecule has 1 atom stereocenters. The van der Waals surface area contributed by atoms with Crippen molar-refractivity contribution in [3.63, 3.8) is 0 Å². The van der Waals surface area contributed by atoms with Gasteiger partial charge in [0, 0.05) is 17.7 Å². The lowest BCUT2D eigenvalue weighted by atomic mass is 10.1. The fourth-order valence-corrected chi connectivity index (χ4v) is 3.60. The first-order valence-corrected chi connectivity index (χ1v) is 8.53. The number of nitrogens with one attached hydrogen (secondary N) is 1. The third-order valence-corrected chi connectivity index (χ3v) is 5.27. The summed E-state index contributed by atoms with van der Waals surface area (Å²) in [7, 11) is -3.86. The largest absolute Gasteiger partial charge is 0.273 e. The summed E-state index contributed by atoms with van der Waals surface area (Å²) >= 11 is 0. The highest BCUT2D eigenvalue weighted by molar-refractivity contribution is 7.89. The van der Waals surface area contributed by atoms with Crippen molar-refractivity contribution in [3.05, 3.63) is 69.3 Å². The molecule has 0 aromatic heterocycles. The Labute approximate surface area is 135 Å². The van der Waals surface area contributed by atoms with Crippen molar-refractivity contribution in [3.8, 4) is 0 Å². The molecular formula is C16H18N2O4S. The van der Waals surface area contributed by atoms with Crippen LogP contribution in [0.1, 0.15) is 29.7 Å². The monoisotopic (exact) mass is 334 g/mol. The molecule has 0 heterocycles. The first-order chi connectivity index (χ1) is 10.7. The standard InChI is InChI=1S/C16H18N2O4S/c1-11-9-15(10-16(12(11)2)18(19)20)23(21,22)17-13(3)14-7-5-4-6-8-14/h4-10,13,17H,1-3H3. The van der Waals surface area contributed by atoms with E-state index in [0.29, 0.717) is 11.1 Å². The molecular weight excluding hydrogens is 316 g/mol. The number of hydrogen-bond donors (Lipinski definition) is 1. The van der Waals surface area contributed by atoms with E-state index in [2.05, 4.69) is 4.72 Å². The average Bonchev–Trinajstić information content (AvgIpc) is 2.49. The van der Waals surface area contributed by atoms with Crippen LogP contribution < -0.4 is 4.72 Å². The SMILES string of the molecule is Cc1cc(S(=O)(=O)NC(C)c2ccccc2)cc([N+](=O)[O-])c1C. The number of benzene rings is 2. The lowest BCUT2D eigenvalue weighted by Gasteiger charge is -2.15. The summed E-state index contributed by atoms with van der Waals surface area (Å²) < 4.78 is 27.6. The van der Waals surface area contributed by atoms with Gasteiger partial charge in [0.25, 0.3) is 5.69 Å². The van der Waals surface area contributed by atoms with Crippen LogP contribution in [0, 0.1) is 24.0 Å². The fourth-order valence-electron chi connectivity index (χ4n) is 2.26. The first kappa shape index (κ1) is 17.1. The van der Waals surface area contributed by atoms with Crippen LogP contribution in [0.3, 0.4) is 0 Å². The molecule has 0 fully saturated rings. The Kier molecular flexibility index (Phi) is 4.82. The van der Waals surface area contributed by atoms with Gasteiger partial charge in [-0.05, 0) is 38.0 Å². The summed E-state index contributed by atoms with van der Waals surface area (Å²) in [5.74, 6) is 0. The predicted octanol–water partition coefficient (Wildman–Crippen LogP) is 3.25. The fraction of sp³-hybridized carbons (Fsp3) is 0.250. The molecule has 0 radical (unpaired) electrons. The molecule has 23 heavy (non-hydrogen) atoms. The predicted molar refractivity (Wildman–Crippen MR) is 87.7 cm³/mol. The summed E-state index contributed by atoms with van der Waals surface area (Å²) in [6.45, 7) is 4.98. The van der Waals surface area contributed by atoms with Gasteiger partial charge in [-0.3, -0.25) is 10.1 Å². The molecule has 2 aromatic rings. The van der Waals surface area contributed by atoms with Gasteiger partial charge in [0.15, 0.2) is 0 Å². The second kappa shape index (κ2) is 6.47. The van der Waals surface area contributed by atoms with Crippen LogP contribution in [-0.2, 0) is 10.0 Å². The molecule has 6 nitrogen and oxygen atoms in total. The molecule has 0 aliphatic carbocycles. The molecule has 1 unspecified atom stereocenters. The van der Waals surface area contributed by atoms with E-state index in [-0.39, 0.29) is 10.6 Å². The molecule has 7 heteroatoms. The quantitative estimate of drug-likeness (QED) is 0.671. The average molecular weight is 334 g/mol. The van der Waals surface area contributed by atoms with Gasteiger partial charge in [-0.1, -0.05) is 30.3 Å². The summed E-state index contributed by atoms with van der Waals surface area (Å²) in [5.41, 5.74) is 1.64. The summed E-state index contributed by atoms with van der Waals surface area (Å²) in [5, 5.41) is 11.1. The summed E-state index contributed by atoms with van der Waals surface area (Å²) in [4.78, 5) is 10.4. The second-order valence-electron chi connectivity index (χ2n) is 5.40. The number of aryl methyl sites for hydroxylation is 1. The maximum atomic E-state index is 12.5. The molecule has 0 bridgehead atoms. The molecule has 0 amide bonds. The van der Waals surface area contributed by atoms with Crippen molar-refractivity contribution >= 4 is 15.7 Å². The Morgan fingerprint density at radius 3 is 2.30 bits per heavy atom. The molecule has 2 rings (SSSR count). The van der Waals surface area contributed by atoms with Gasteiger partial charge in [-0.2, -0.15) is 0 Å². The Morgan fingerprint density at radius 1 is 1.13 bits per heavy atom. The normalized spacial score (nSPS) is 12.8. The minimum absolute atomic E-state index is 0.102. The van der Waals surface area contributed by atoms with E-state index in [0.717, 1.165) is 11.6 Å². The zero-order valence-electron chi connectivity index (χ0n) is 13.1. The van der Waals surface area contributed by atoms with Crippen LogP contribution >= 0.6 is 0 Å². The van der Waals surface area contributed by atoms with E-state index >= 15 is 0 Å². The van der Waals surface area contributed by atoms with E-state index in [1.165, 1.54) is 6.07 Å². The highest BCUT2D eigenvalue weighted by Gasteiger charge is 2.23. The second-order valence-corrected chi connectivity index (χ2v) is 7.11. The maximum absolute atomic E-state index is 12.5. The number of nitrogens with zero attached hydrogens (tertiary/aromatic N) is 1. The Bertz CT molecular complexity index is 833. The number of rotatable bonds is 5.